The minimum absolute atomic E-state index is 0.111. The molecule has 2 saturated heterocycles. The summed E-state index contributed by atoms with van der Waals surface area (Å²) in [5.74, 6) is -1.47. The van der Waals surface area contributed by atoms with Crippen LogP contribution in [0.5, 0.6) is 0 Å². The number of pyridine rings is 1. The van der Waals surface area contributed by atoms with Crippen LogP contribution in [0.1, 0.15) is 81.7 Å². The highest BCUT2D eigenvalue weighted by Gasteiger charge is 2.64. The minimum Gasteiger partial charge on any atom is -0.451 e. The number of hydroxylamine groups is 2. The van der Waals surface area contributed by atoms with Crippen molar-refractivity contribution < 1.29 is 37.7 Å². The van der Waals surface area contributed by atoms with Crippen LogP contribution in [0.15, 0.2) is 84.6 Å². The van der Waals surface area contributed by atoms with Gasteiger partial charge in [-0.15, -0.1) is 11.8 Å². The zero-order valence-corrected chi connectivity index (χ0v) is 36.9. The molecule has 56 heavy (non-hydrogen) atoms. The largest absolute Gasteiger partial charge is 0.451 e. The predicted molar refractivity (Wildman–Crippen MR) is 222 cm³/mol. The van der Waals surface area contributed by atoms with Crippen LogP contribution < -0.4 is 11.0 Å². The molecule has 2 aliphatic heterocycles. The van der Waals surface area contributed by atoms with Gasteiger partial charge in [0.2, 0.25) is 16.6 Å². The molecule has 0 saturated carbocycles. The van der Waals surface area contributed by atoms with Gasteiger partial charge in [0, 0.05) is 11.8 Å². The third-order valence-electron chi connectivity index (χ3n) is 11.1. The topological polar surface area (TPSA) is 145 Å². The van der Waals surface area contributed by atoms with Crippen LogP contribution in [0.25, 0.3) is 6.08 Å². The van der Waals surface area contributed by atoms with Gasteiger partial charge in [-0.05, 0) is 72.5 Å². The van der Waals surface area contributed by atoms with Gasteiger partial charge in [-0.2, -0.15) is 0 Å². The molecular weight excluding hydrogens is 765 g/mol. The Bertz CT molecular complexity index is 1930. The normalized spacial score (nSPS) is 20.7. The molecule has 0 bridgehead atoms. The van der Waals surface area contributed by atoms with Gasteiger partial charge in [0.15, 0.2) is 6.10 Å². The SMILES string of the molecule is CC(C)(C)[Si](C)(C)ONC(=O)OC[C@]1(C)SC2C(=Cc3cc(C(=O)NO[Si](C)(C)C(C)(C)C)ccn3)C(=O)N2[C@H]1C(=O)OC(c1ccccc1)c1ccccc1. The van der Waals surface area contributed by atoms with Crippen LogP contribution in [0.2, 0.25) is 36.3 Å². The molecule has 3 heterocycles. The van der Waals surface area contributed by atoms with Crippen molar-refractivity contribution in [1.29, 1.82) is 0 Å². The number of hydrogen-bond acceptors (Lipinski definition) is 10. The Kier molecular flexibility index (Phi) is 12.5. The summed E-state index contributed by atoms with van der Waals surface area (Å²) in [7, 11) is -4.61. The Morgan fingerprint density at radius 1 is 0.875 bits per heavy atom. The summed E-state index contributed by atoms with van der Waals surface area (Å²) in [4.78, 5) is 60.5. The van der Waals surface area contributed by atoms with Gasteiger partial charge >= 0.3 is 12.1 Å². The van der Waals surface area contributed by atoms with Crippen molar-refractivity contribution in [2.24, 2.45) is 0 Å². The lowest BCUT2D eigenvalue weighted by Gasteiger charge is -2.40. The van der Waals surface area contributed by atoms with Gasteiger partial charge in [-0.25, -0.2) is 20.5 Å². The highest BCUT2D eigenvalue weighted by molar-refractivity contribution is 8.02. The van der Waals surface area contributed by atoms with Crippen molar-refractivity contribution in [3.05, 3.63) is 107 Å². The van der Waals surface area contributed by atoms with Crippen LogP contribution >= 0.6 is 11.8 Å². The van der Waals surface area contributed by atoms with Crippen LogP contribution in [0.3, 0.4) is 0 Å². The Morgan fingerprint density at radius 2 is 1.41 bits per heavy atom. The first-order valence-corrected chi connectivity index (χ1v) is 25.3. The Labute approximate surface area is 336 Å². The standard InChI is InChI=1S/C41H54N4O8SSi2/c1-39(2,3)55(8,9)52-43-34(46)29-22-23-42-30(24-29)25-31-35(47)45-33(37(48)51-32(27-18-14-12-15-19-27)28-20-16-13-17-21-28)41(7,54-36(31)45)26-50-38(49)44-53-56(10,11)40(4,5)6/h12-25,32-33,36H,26H2,1-11H3,(H,43,46)(H,44,49)/t33-,36?,41-/m0/s1. The highest BCUT2D eigenvalue weighted by Crippen LogP contribution is 2.54. The average molecular weight is 819 g/mol. The van der Waals surface area contributed by atoms with Crippen LogP contribution in [-0.2, 0) is 28.1 Å². The predicted octanol–water partition coefficient (Wildman–Crippen LogP) is 8.17. The molecule has 3 atom stereocenters. The lowest BCUT2D eigenvalue weighted by atomic mass is 9.93. The van der Waals surface area contributed by atoms with Gasteiger partial charge in [0.25, 0.3) is 11.8 Å². The number of amides is 3. The number of ether oxygens (including phenoxy) is 2. The maximum absolute atomic E-state index is 14.5. The third kappa shape index (κ3) is 9.29. The number of benzene rings is 2. The van der Waals surface area contributed by atoms with Gasteiger partial charge in [0.1, 0.15) is 18.0 Å². The molecule has 0 radical (unpaired) electrons. The molecule has 2 aliphatic rings. The first kappa shape index (κ1) is 42.8. The van der Waals surface area contributed by atoms with E-state index in [2.05, 4.69) is 36.7 Å². The first-order chi connectivity index (χ1) is 26.0. The van der Waals surface area contributed by atoms with Gasteiger partial charge in [-0.1, -0.05) is 102 Å². The fourth-order valence-corrected chi connectivity index (χ4v) is 8.48. The van der Waals surface area contributed by atoms with Gasteiger partial charge in [0.05, 0.1) is 16.0 Å². The number of hydrogen-bond donors (Lipinski definition) is 2. The number of rotatable bonds is 12. The summed E-state index contributed by atoms with van der Waals surface area (Å²) in [6, 6.07) is 20.8. The van der Waals surface area contributed by atoms with E-state index in [1.807, 2.05) is 108 Å². The van der Waals surface area contributed by atoms with Crippen molar-refractivity contribution in [2.45, 2.75) is 107 Å². The minimum atomic E-state index is -2.35. The van der Waals surface area contributed by atoms with E-state index in [0.29, 0.717) is 16.8 Å². The number of thioether (sulfide) groups is 1. The Hall–Kier alpha value is -4.29. The molecular formula is C41H54N4O8SSi2. The summed E-state index contributed by atoms with van der Waals surface area (Å²) in [5.41, 5.74) is 7.65. The van der Waals surface area contributed by atoms with E-state index in [4.69, 9.17) is 18.5 Å². The van der Waals surface area contributed by atoms with Crippen molar-refractivity contribution in [2.75, 3.05) is 6.61 Å². The molecule has 0 spiro atoms. The molecule has 0 aliphatic carbocycles. The molecule has 1 unspecified atom stereocenters. The first-order valence-electron chi connectivity index (χ1n) is 18.6. The number of fused-ring (bicyclic) bond motifs is 1. The zero-order chi connectivity index (χ0) is 41.3. The Balaban J connectivity index is 1.41. The molecule has 12 nitrogen and oxygen atoms in total. The number of aromatic nitrogens is 1. The number of esters is 1. The monoisotopic (exact) mass is 818 g/mol. The number of nitrogens with zero attached hydrogens (tertiary/aromatic N) is 2. The summed E-state index contributed by atoms with van der Waals surface area (Å²) >= 11 is 1.32. The van der Waals surface area contributed by atoms with E-state index < -0.39 is 62.8 Å². The van der Waals surface area contributed by atoms with Crippen LogP contribution in [0, 0.1) is 0 Å². The van der Waals surface area contributed by atoms with Crippen molar-refractivity contribution >= 4 is 58.3 Å². The van der Waals surface area contributed by atoms with Crippen LogP contribution in [-0.4, -0.2) is 73.2 Å². The van der Waals surface area contributed by atoms with Gasteiger partial charge < -0.3 is 23.4 Å². The van der Waals surface area contributed by atoms with Crippen molar-refractivity contribution in [1.82, 2.24) is 20.8 Å². The average Bonchev–Trinajstić information content (AvgIpc) is 3.42. The zero-order valence-electron chi connectivity index (χ0n) is 34.1. The van der Waals surface area contributed by atoms with E-state index in [1.54, 1.807) is 25.1 Å². The molecule has 5 rings (SSSR count). The summed E-state index contributed by atoms with van der Waals surface area (Å²) in [6.45, 7) is 22.0. The second kappa shape index (κ2) is 16.3. The molecule has 15 heteroatoms. The molecule has 3 aromatic rings. The summed E-state index contributed by atoms with van der Waals surface area (Å²) < 4.78 is 22.6. The number of carbonyl (C=O) groups is 4. The summed E-state index contributed by atoms with van der Waals surface area (Å²) in [5, 5.41) is -0.865. The van der Waals surface area contributed by atoms with E-state index in [1.165, 1.54) is 22.9 Å². The lowest BCUT2D eigenvalue weighted by Crippen LogP contribution is -2.60. The van der Waals surface area contributed by atoms with E-state index >= 15 is 0 Å². The summed E-state index contributed by atoms with van der Waals surface area (Å²) in [6.07, 6.45) is 1.55. The number of β-lactam (4-membered cyclic amide) rings is 1. The van der Waals surface area contributed by atoms with Gasteiger partial charge in [-0.3, -0.25) is 14.6 Å². The number of carbonyl (C=O) groups excluding carboxylic acids is 4. The van der Waals surface area contributed by atoms with E-state index in [9.17, 15) is 19.2 Å². The Morgan fingerprint density at radius 3 is 1.95 bits per heavy atom. The smallest absolute Gasteiger partial charge is 0.430 e. The molecule has 2 fully saturated rings. The number of nitrogens with one attached hydrogen (secondary N) is 2. The molecule has 1 aromatic heterocycles. The molecule has 300 valence electrons. The third-order valence-corrected chi connectivity index (χ3v) is 21.2. The maximum Gasteiger partial charge on any atom is 0.430 e. The maximum atomic E-state index is 14.5. The fraction of sp³-hybridized carbons (Fsp3) is 0.439. The van der Waals surface area contributed by atoms with E-state index in [0.717, 1.165) is 11.1 Å². The van der Waals surface area contributed by atoms with Crippen molar-refractivity contribution in [3.63, 3.8) is 0 Å². The molecule has 2 aromatic carbocycles. The van der Waals surface area contributed by atoms with E-state index in [-0.39, 0.29) is 16.7 Å². The quantitative estimate of drug-likeness (QED) is 0.0604. The molecule has 3 amide bonds. The fourth-order valence-electron chi connectivity index (χ4n) is 5.58. The lowest BCUT2D eigenvalue weighted by molar-refractivity contribution is -0.161. The second-order valence-corrected chi connectivity index (χ2v) is 28.5. The van der Waals surface area contributed by atoms with Crippen LogP contribution in [0.4, 0.5) is 4.79 Å². The highest BCUT2D eigenvalue weighted by atomic mass is 32.2. The second-order valence-electron chi connectivity index (χ2n) is 17.4. The van der Waals surface area contributed by atoms with Crippen molar-refractivity contribution in [3.8, 4) is 0 Å². The molecule has 2 N–H and O–H groups in total.